The van der Waals surface area contributed by atoms with E-state index in [0.29, 0.717) is 19.4 Å². The van der Waals surface area contributed by atoms with Crippen molar-refractivity contribution in [2.45, 2.75) is 314 Å². The van der Waals surface area contributed by atoms with Crippen LogP contribution in [0.15, 0.2) is 24.3 Å². The first-order valence-corrected chi connectivity index (χ1v) is 29.1. The number of unbranched alkanes of at least 4 members (excludes halogenated alkanes) is 34. The van der Waals surface area contributed by atoms with E-state index in [9.17, 15) is 35.1 Å². The van der Waals surface area contributed by atoms with Crippen molar-refractivity contribution in [3.63, 3.8) is 0 Å². The van der Waals surface area contributed by atoms with E-state index in [0.717, 1.165) is 64.2 Å². The molecule has 7 atom stereocenters. The van der Waals surface area contributed by atoms with Crippen LogP contribution in [0.2, 0.25) is 0 Å². The lowest BCUT2D eigenvalue weighted by molar-refractivity contribution is -0.302. The lowest BCUT2D eigenvalue weighted by atomic mass is 9.99. The second-order valence-corrected chi connectivity index (χ2v) is 20.3. The van der Waals surface area contributed by atoms with Gasteiger partial charge in [-0.3, -0.25) is 9.59 Å². The third kappa shape index (κ3) is 38.4. The number of ether oxygens (including phenoxy) is 3. The molecule has 6 N–H and O–H groups in total. The number of rotatable bonds is 50. The summed E-state index contributed by atoms with van der Waals surface area (Å²) in [6.07, 6.45) is 47.1. The molecule has 1 saturated heterocycles. The topological polar surface area (TPSA) is 175 Å². The second-order valence-electron chi connectivity index (χ2n) is 20.3. The number of carbonyl (C=O) groups excluding carboxylic acids is 2. The van der Waals surface area contributed by atoms with E-state index in [1.165, 1.54) is 180 Å². The highest BCUT2D eigenvalue weighted by Gasteiger charge is 2.44. The molecule has 1 amide bonds. The lowest BCUT2D eigenvalue weighted by Gasteiger charge is -2.40. The molecule has 11 nitrogen and oxygen atoms in total. The zero-order valence-electron chi connectivity index (χ0n) is 44.5. The van der Waals surface area contributed by atoms with Gasteiger partial charge in [0, 0.05) is 12.8 Å². The summed E-state index contributed by atoms with van der Waals surface area (Å²) in [5.74, 6) is -0.197. The van der Waals surface area contributed by atoms with Crippen LogP contribution >= 0.6 is 0 Å². The van der Waals surface area contributed by atoms with Crippen LogP contribution in [-0.2, 0) is 23.8 Å². The third-order valence-electron chi connectivity index (χ3n) is 13.8. The van der Waals surface area contributed by atoms with Crippen LogP contribution < -0.4 is 5.32 Å². The molecule has 0 saturated carbocycles. The second kappa shape index (κ2) is 48.4. The van der Waals surface area contributed by atoms with Crippen LogP contribution in [-0.4, -0.2) is 100 Å². The Bertz CT molecular complexity index is 1200. The van der Waals surface area contributed by atoms with Crippen LogP contribution in [0.4, 0.5) is 0 Å². The summed E-state index contributed by atoms with van der Waals surface area (Å²) in [6.45, 7) is 4.27. The first-order chi connectivity index (χ1) is 33.7. The van der Waals surface area contributed by atoms with Crippen LogP contribution in [0, 0.1) is 0 Å². The summed E-state index contributed by atoms with van der Waals surface area (Å²) in [5.41, 5.74) is 0. The molecule has 1 aliphatic heterocycles. The fraction of sp³-hybridized carbons (Fsp3) is 0.897. The van der Waals surface area contributed by atoms with E-state index in [-0.39, 0.29) is 18.5 Å². The fourth-order valence-corrected chi connectivity index (χ4v) is 9.12. The molecule has 0 aromatic rings. The fourth-order valence-electron chi connectivity index (χ4n) is 9.12. The first-order valence-electron chi connectivity index (χ1n) is 29.1. The average molecular weight is 981 g/mol. The zero-order chi connectivity index (χ0) is 50.3. The van der Waals surface area contributed by atoms with Gasteiger partial charge in [-0.05, 0) is 51.4 Å². The Kier molecular flexibility index (Phi) is 45.7. The molecule has 7 unspecified atom stereocenters. The van der Waals surface area contributed by atoms with Crippen molar-refractivity contribution in [1.82, 2.24) is 5.32 Å². The predicted molar refractivity (Wildman–Crippen MR) is 283 cm³/mol. The largest absolute Gasteiger partial charge is 0.466 e. The van der Waals surface area contributed by atoms with Gasteiger partial charge < -0.3 is 45.1 Å². The molecule has 0 aromatic heterocycles. The molecule has 406 valence electrons. The summed E-state index contributed by atoms with van der Waals surface area (Å²) in [4.78, 5) is 25.0. The Morgan fingerprint density at radius 3 is 1.43 bits per heavy atom. The van der Waals surface area contributed by atoms with E-state index in [1.807, 2.05) is 6.08 Å². The molecular formula is C58H109NO10. The summed E-state index contributed by atoms with van der Waals surface area (Å²) in [6, 6.07) is -0.809. The van der Waals surface area contributed by atoms with Gasteiger partial charge in [-0.25, -0.2) is 0 Å². The van der Waals surface area contributed by atoms with E-state index in [1.54, 1.807) is 6.08 Å². The zero-order valence-corrected chi connectivity index (χ0v) is 44.5. The summed E-state index contributed by atoms with van der Waals surface area (Å²) >= 11 is 0. The molecule has 1 heterocycles. The van der Waals surface area contributed by atoms with Gasteiger partial charge in [0.25, 0.3) is 0 Å². The Labute approximate surface area is 422 Å². The quantitative estimate of drug-likeness (QED) is 0.0196. The minimum absolute atomic E-state index is 0.0125. The van der Waals surface area contributed by atoms with Crippen molar-refractivity contribution >= 4 is 11.9 Å². The lowest BCUT2D eigenvalue weighted by Crippen LogP contribution is -2.60. The van der Waals surface area contributed by atoms with Crippen molar-refractivity contribution < 1.29 is 49.3 Å². The Hall–Kier alpha value is -1.86. The van der Waals surface area contributed by atoms with Crippen LogP contribution in [0.25, 0.3) is 0 Å². The highest BCUT2D eigenvalue weighted by molar-refractivity contribution is 5.76. The van der Waals surface area contributed by atoms with Crippen molar-refractivity contribution in [2.24, 2.45) is 0 Å². The van der Waals surface area contributed by atoms with Gasteiger partial charge in [0.15, 0.2) is 6.29 Å². The molecule has 11 heteroatoms. The van der Waals surface area contributed by atoms with Crippen LogP contribution in [0.1, 0.15) is 271 Å². The van der Waals surface area contributed by atoms with E-state index in [4.69, 9.17) is 14.2 Å². The number of hydrogen-bond donors (Lipinski definition) is 6. The number of aliphatic hydroxyl groups is 5. The third-order valence-corrected chi connectivity index (χ3v) is 13.8. The van der Waals surface area contributed by atoms with E-state index < -0.39 is 49.5 Å². The Morgan fingerprint density at radius 1 is 0.522 bits per heavy atom. The molecule has 1 aliphatic rings. The van der Waals surface area contributed by atoms with Gasteiger partial charge in [0.2, 0.25) is 5.91 Å². The molecule has 69 heavy (non-hydrogen) atoms. The minimum atomic E-state index is -1.57. The number of nitrogens with one attached hydrogen (secondary N) is 1. The van der Waals surface area contributed by atoms with Crippen molar-refractivity contribution in [3.8, 4) is 0 Å². The molecule has 0 radical (unpaired) electrons. The van der Waals surface area contributed by atoms with Gasteiger partial charge >= 0.3 is 5.97 Å². The highest BCUT2D eigenvalue weighted by Crippen LogP contribution is 2.23. The Balaban J connectivity index is 2.02. The molecule has 1 rings (SSSR count). The molecule has 0 bridgehead atoms. The molecular weight excluding hydrogens is 871 g/mol. The van der Waals surface area contributed by atoms with E-state index >= 15 is 0 Å². The van der Waals surface area contributed by atoms with E-state index in [2.05, 4.69) is 31.3 Å². The summed E-state index contributed by atoms with van der Waals surface area (Å²) < 4.78 is 16.7. The normalized spacial score (nSPS) is 19.4. The number of carbonyl (C=O) groups is 2. The SMILES string of the molecule is CCCC/C=C\CCCCCCCC(=O)OCCCCCCCCCCCCCCCCCCCCCCCC(=O)NC(COC1OC(CO)C(O)C(O)C1O)C(O)/C=C/CCCCCCCCC. The van der Waals surface area contributed by atoms with Gasteiger partial charge in [0.05, 0.1) is 32.0 Å². The number of amides is 1. The highest BCUT2D eigenvalue weighted by atomic mass is 16.7. The maximum Gasteiger partial charge on any atom is 0.305 e. The molecule has 0 spiro atoms. The van der Waals surface area contributed by atoms with Gasteiger partial charge in [0.1, 0.15) is 24.4 Å². The smallest absolute Gasteiger partial charge is 0.305 e. The monoisotopic (exact) mass is 980 g/mol. The van der Waals surface area contributed by atoms with Gasteiger partial charge in [-0.1, -0.05) is 231 Å². The van der Waals surface area contributed by atoms with Crippen LogP contribution in [0.3, 0.4) is 0 Å². The van der Waals surface area contributed by atoms with Crippen molar-refractivity contribution in [1.29, 1.82) is 0 Å². The summed E-state index contributed by atoms with van der Waals surface area (Å²) in [7, 11) is 0. The van der Waals surface area contributed by atoms with Crippen molar-refractivity contribution in [3.05, 3.63) is 24.3 Å². The molecule has 1 fully saturated rings. The molecule has 0 aromatic carbocycles. The Morgan fingerprint density at radius 2 is 0.942 bits per heavy atom. The maximum absolute atomic E-state index is 13.0. The minimum Gasteiger partial charge on any atom is -0.466 e. The summed E-state index contributed by atoms with van der Waals surface area (Å²) in [5, 5.41) is 54.2. The maximum atomic E-state index is 13.0. The molecule has 0 aliphatic carbocycles. The average Bonchev–Trinajstić information content (AvgIpc) is 3.34. The van der Waals surface area contributed by atoms with Gasteiger partial charge in [-0.15, -0.1) is 0 Å². The number of allylic oxidation sites excluding steroid dienone is 3. The first kappa shape index (κ1) is 65.2. The number of aliphatic hydroxyl groups excluding tert-OH is 5. The van der Waals surface area contributed by atoms with Crippen molar-refractivity contribution in [2.75, 3.05) is 19.8 Å². The standard InChI is InChI=1S/C58H109NO10/c1-3-5-7-9-11-13-25-30-34-38-42-46-54(63)67-47-43-39-35-31-27-24-22-20-18-16-14-15-17-19-21-23-26-29-33-37-41-45-53(62)59-50(51(61)44-40-36-32-28-12-10-8-6-4-2)49-68-58-57(66)56(65)55(64)52(48-60)69-58/h9,11,40,44,50-52,55-58,60-61,64-66H,3-8,10,12-39,41-43,45-49H2,1-2H3,(H,59,62)/b11-9-,44-40+. The number of hydrogen-bond acceptors (Lipinski definition) is 10. The number of esters is 1. The van der Waals surface area contributed by atoms with Gasteiger partial charge in [-0.2, -0.15) is 0 Å². The predicted octanol–water partition coefficient (Wildman–Crippen LogP) is 12.9. The van der Waals surface area contributed by atoms with Crippen LogP contribution in [0.5, 0.6) is 0 Å².